The summed E-state index contributed by atoms with van der Waals surface area (Å²) in [4.78, 5) is 14.6. The van der Waals surface area contributed by atoms with E-state index in [2.05, 4.69) is 5.32 Å². The van der Waals surface area contributed by atoms with Crippen molar-refractivity contribution in [1.29, 1.82) is 0 Å². The molecule has 0 fully saturated rings. The van der Waals surface area contributed by atoms with Crippen molar-refractivity contribution in [2.24, 2.45) is 0 Å². The van der Waals surface area contributed by atoms with E-state index in [1.165, 1.54) is 0 Å². The molecule has 3 aromatic carbocycles. The number of nitrogens with one attached hydrogen (secondary N) is 1. The summed E-state index contributed by atoms with van der Waals surface area (Å²) < 4.78 is 5.26. The van der Waals surface area contributed by atoms with E-state index in [0.717, 1.165) is 21.2 Å². The Kier molecular flexibility index (Phi) is 5.26. The third kappa shape index (κ3) is 4.14. The second kappa shape index (κ2) is 7.77. The molecule has 0 saturated heterocycles. The maximum atomic E-state index is 12.6. The molecule has 0 aromatic heterocycles. The van der Waals surface area contributed by atoms with Gasteiger partial charge >= 0.3 is 0 Å². The number of nitrogen functional groups attached to an aromatic ring is 1. The fourth-order valence-corrected chi connectivity index (χ4v) is 3.25. The fraction of sp³-hybridized carbons (Fsp3) is 0.0500. The van der Waals surface area contributed by atoms with Gasteiger partial charge in [0.2, 0.25) is 0 Å². The molecular formula is C20H18N2O2S. The number of hydrogen-bond donors (Lipinski definition) is 2. The molecule has 0 unspecified atom stereocenters. The lowest BCUT2D eigenvalue weighted by Crippen LogP contribution is -2.13. The number of para-hydroxylation sites is 2. The molecule has 0 heterocycles. The molecule has 0 aliphatic rings. The summed E-state index contributed by atoms with van der Waals surface area (Å²) in [5, 5.41) is 2.97. The highest BCUT2D eigenvalue weighted by Gasteiger charge is 2.13. The van der Waals surface area contributed by atoms with Crippen LogP contribution >= 0.6 is 11.8 Å². The monoisotopic (exact) mass is 350 g/mol. The Labute approximate surface area is 151 Å². The van der Waals surface area contributed by atoms with Crippen molar-refractivity contribution in [1.82, 2.24) is 0 Å². The summed E-state index contributed by atoms with van der Waals surface area (Å²) in [5.74, 6) is 0.339. The minimum atomic E-state index is -0.206. The summed E-state index contributed by atoms with van der Waals surface area (Å²) in [6.07, 6.45) is 0. The predicted octanol–water partition coefficient (Wildman–Crippen LogP) is 4.68. The fourth-order valence-electron chi connectivity index (χ4n) is 2.34. The standard InChI is InChI=1S/C20H18N2O2S/c1-24-18-8-4-2-6-16(18)20(23)22-17-7-3-5-9-19(17)25-15-12-10-14(21)11-13-15/h2-13H,21H2,1H3,(H,22,23). The second-order valence-corrected chi connectivity index (χ2v) is 6.44. The first-order chi connectivity index (χ1) is 12.2. The molecule has 0 radical (unpaired) electrons. The molecule has 0 bridgehead atoms. The van der Waals surface area contributed by atoms with Crippen molar-refractivity contribution in [3.63, 3.8) is 0 Å². The SMILES string of the molecule is COc1ccccc1C(=O)Nc1ccccc1Sc1ccc(N)cc1. The van der Waals surface area contributed by atoms with Crippen molar-refractivity contribution in [2.75, 3.05) is 18.2 Å². The molecule has 0 aliphatic heterocycles. The molecule has 0 aliphatic carbocycles. The van der Waals surface area contributed by atoms with E-state index in [1.807, 2.05) is 60.7 Å². The number of ether oxygens (including phenoxy) is 1. The van der Waals surface area contributed by atoms with Crippen LogP contribution in [0.25, 0.3) is 0 Å². The Morgan fingerprint density at radius 2 is 1.64 bits per heavy atom. The van der Waals surface area contributed by atoms with Crippen LogP contribution in [-0.4, -0.2) is 13.0 Å². The van der Waals surface area contributed by atoms with Crippen LogP contribution in [0.15, 0.2) is 82.6 Å². The molecule has 0 saturated carbocycles. The van der Waals surface area contributed by atoms with Gasteiger partial charge in [-0.15, -0.1) is 0 Å². The van der Waals surface area contributed by atoms with Crippen molar-refractivity contribution >= 4 is 29.0 Å². The number of amides is 1. The summed E-state index contributed by atoms with van der Waals surface area (Å²) in [6.45, 7) is 0. The van der Waals surface area contributed by atoms with Crippen LogP contribution in [0, 0.1) is 0 Å². The third-order valence-electron chi connectivity index (χ3n) is 3.59. The minimum Gasteiger partial charge on any atom is -0.496 e. The molecule has 4 nitrogen and oxygen atoms in total. The first-order valence-electron chi connectivity index (χ1n) is 7.74. The average molecular weight is 350 g/mol. The molecule has 0 spiro atoms. The maximum Gasteiger partial charge on any atom is 0.259 e. The van der Waals surface area contributed by atoms with E-state index in [1.54, 1.807) is 31.0 Å². The zero-order chi connectivity index (χ0) is 17.6. The van der Waals surface area contributed by atoms with Gasteiger partial charge in [0, 0.05) is 15.5 Å². The second-order valence-electron chi connectivity index (χ2n) is 5.32. The Morgan fingerprint density at radius 3 is 2.40 bits per heavy atom. The molecule has 3 N–H and O–H groups in total. The van der Waals surface area contributed by atoms with Gasteiger partial charge in [0.05, 0.1) is 18.4 Å². The highest BCUT2D eigenvalue weighted by Crippen LogP contribution is 2.34. The first-order valence-corrected chi connectivity index (χ1v) is 8.56. The van der Waals surface area contributed by atoms with E-state index in [-0.39, 0.29) is 5.91 Å². The molecule has 1 amide bonds. The van der Waals surface area contributed by atoms with E-state index in [0.29, 0.717) is 11.3 Å². The summed E-state index contributed by atoms with van der Waals surface area (Å²) in [5.41, 5.74) is 7.70. The molecule has 126 valence electrons. The van der Waals surface area contributed by atoms with Crippen molar-refractivity contribution < 1.29 is 9.53 Å². The van der Waals surface area contributed by atoms with E-state index in [4.69, 9.17) is 10.5 Å². The topological polar surface area (TPSA) is 64.3 Å². The summed E-state index contributed by atoms with van der Waals surface area (Å²) in [7, 11) is 1.55. The number of anilines is 2. The van der Waals surface area contributed by atoms with Gasteiger partial charge in [-0.1, -0.05) is 36.0 Å². The summed E-state index contributed by atoms with van der Waals surface area (Å²) >= 11 is 1.57. The van der Waals surface area contributed by atoms with Crippen LogP contribution in [0.2, 0.25) is 0 Å². The van der Waals surface area contributed by atoms with Crippen molar-refractivity contribution in [3.8, 4) is 5.75 Å². The Balaban J connectivity index is 1.83. The highest BCUT2D eigenvalue weighted by atomic mass is 32.2. The zero-order valence-corrected chi connectivity index (χ0v) is 14.5. The zero-order valence-electron chi connectivity index (χ0n) is 13.7. The molecule has 25 heavy (non-hydrogen) atoms. The van der Waals surface area contributed by atoms with Crippen LogP contribution in [0.3, 0.4) is 0 Å². The minimum absolute atomic E-state index is 0.206. The van der Waals surface area contributed by atoms with Gasteiger partial charge in [0.25, 0.3) is 5.91 Å². The van der Waals surface area contributed by atoms with Gasteiger partial charge in [-0.3, -0.25) is 4.79 Å². The normalized spacial score (nSPS) is 10.3. The van der Waals surface area contributed by atoms with Crippen LogP contribution in [0.5, 0.6) is 5.75 Å². The summed E-state index contributed by atoms with van der Waals surface area (Å²) in [6, 6.07) is 22.5. The van der Waals surface area contributed by atoms with Crippen molar-refractivity contribution in [2.45, 2.75) is 9.79 Å². The van der Waals surface area contributed by atoms with E-state index >= 15 is 0 Å². The lowest BCUT2D eigenvalue weighted by atomic mass is 10.2. The largest absolute Gasteiger partial charge is 0.496 e. The highest BCUT2D eigenvalue weighted by molar-refractivity contribution is 7.99. The molecule has 0 atom stereocenters. The number of carbonyl (C=O) groups is 1. The Bertz CT molecular complexity index is 879. The number of methoxy groups -OCH3 is 1. The van der Waals surface area contributed by atoms with Crippen LogP contribution in [0.4, 0.5) is 11.4 Å². The lowest BCUT2D eigenvalue weighted by Gasteiger charge is -2.12. The quantitative estimate of drug-likeness (QED) is 0.656. The molecular weight excluding hydrogens is 332 g/mol. The van der Waals surface area contributed by atoms with Gasteiger partial charge in [-0.05, 0) is 48.5 Å². The smallest absolute Gasteiger partial charge is 0.259 e. The lowest BCUT2D eigenvalue weighted by molar-refractivity contribution is 0.102. The Hall–Kier alpha value is -2.92. The van der Waals surface area contributed by atoms with Crippen LogP contribution < -0.4 is 15.8 Å². The van der Waals surface area contributed by atoms with Gasteiger partial charge in [0.15, 0.2) is 0 Å². The van der Waals surface area contributed by atoms with E-state index in [9.17, 15) is 4.79 Å². The first kappa shape index (κ1) is 16.9. The van der Waals surface area contributed by atoms with E-state index < -0.39 is 0 Å². The van der Waals surface area contributed by atoms with Gasteiger partial charge < -0.3 is 15.8 Å². The van der Waals surface area contributed by atoms with Gasteiger partial charge in [0.1, 0.15) is 5.75 Å². The van der Waals surface area contributed by atoms with Crippen LogP contribution in [-0.2, 0) is 0 Å². The van der Waals surface area contributed by atoms with Gasteiger partial charge in [-0.25, -0.2) is 0 Å². The molecule has 3 rings (SSSR count). The third-order valence-corrected chi connectivity index (χ3v) is 4.68. The van der Waals surface area contributed by atoms with Crippen molar-refractivity contribution in [3.05, 3.63) is 78.4 Å². The molecule has 3 aromatic rings. The van der Waals surface area contributed by atoms with Crippen LogP contribution in [0.1, 0.15) is 10.4 Å². The number of nitrogens with two attached hydrogens (primary N) is 1. The number of rotatable bonds is 5. The number of carbonyl (C=O) groups excluding carboxylic acids is 1. The van der Waals surface area contributed by atoms with Gasteiger partial charge in [-0.2, -0.15) is 0 Å². The average Bonchev–Trinajstić information content (AvgIpc) is 2.65. The predicted molar refractivity (Wildman–Crippen MR) is 102 cm³/mol. The molecule has 5 heteroatoms. The Morgan fingerprint density at radius 1 is 0.960 bits per heavy atom. The number of benzene rings is 3. The maximum absolute atomic E-state index is 12.6. The number of hydrogen-bond acceptors (Lipinski definition) is 4.